The van der Waals surface area contributed by atoms with Crippen LogP contribution in [0.3, 0.4) is 0 Å². The number of rotatable bonds is 3. The van der Waals surface area contributed by atoms with Crippen molar-refractivity contribution in [3.8, 4) is 5.75 Å². The first-order valence-corrected chi connectivity index (χ1v) is 6.81. The van der Waals surface area contributed by atoms with E-state index < -0.39 is 10.1 Å². The van der Waals surface area contributed by atoms with Crippen LogP contribution in [0.2, 0.25) is 5.02 Å². The standard InChI is InChI=1S/C12H10ClNO3S/c13-9-4-6-12(7-5-9)18(15,16)17-11-3-1-2-10(14)8-11/h1-8H,14H2. The third-order valence-electron chi connectivity index (χ3n) is 2.17. The van der Waals surface area contributed by atoms with Gasteiger partial charge in [0.1, 0.15) is 10.6 Å². The zero-order valence-electron chi connectivity index (χ0n) is 9.21. The van der Waals surface area contributed by atoms with E-state index in [1.54, 1.807) is 12.1 Å². The maximum atomic E-state index is 11.9. The third-order valence-corrected chi connectivity index (χ3v) is 3.68. The molecule has 0 radical (unpaired) electrons. The van der Waals surface area contributed by atoms with E-state index in [4.69, 9.17) is 21.5 Å². The fraction of sp³-hybridized carbons (Fsp3) is 0. The average molecular weight is 284 g/mol. The molecule has 4 nitrogen and oxygen atoms in total. The minimum absolute atomic E-state index is 0.0364. The summed E-state index contributed by atoms with van der Waals surface area (Å²) >= 11 is 5.69. The fourth-order valence-electron chi connectivity index (χ4n) is 1.34. The topological polar surface area (TPSA) is 69.4 Å². The van der Waals surface area contributed by atoms with Crippen LogP contribution in [0.5, 0.6) is 5.75 Å². The predicted molar refractivity (Wildman–Crippen MR) is 70.1 cm³/mol. The van der Waals surface area contributed by atoms with Gasteiger partial charge in [-0.05, 0) is 36.4 Å². The zero-order chi connectivity index (χ0) is 13.2. The van der Waals surface area contributed by atoms with Crippen molar-refractivity contribution in [2.75, 3.05) is 5.73 Å². The molecule has 0 bridgehead atoms. The molecule has 0 unspecified atom stereocenters. The summed E-state index contributed by atoms with van der Waals surface area (Å²) in [6.45, 7) is 0. The summed E-state index contributed by atoms with van der Waals surface area (Å²) in [5, 5.41) is 0.456. The summed E-state index contributed by atoms with van der Waals surface area (Å²) < 4.78 is 28.8. The first kappa shape index (κ1) is 12.7. The lowest BCUT2D eigenvalue weighted by Gasteiger charge is -2.07. The minimum atomic E-state index is -3.86. The number of nitrogens with two attached hydrogens (primary N) is 1. The van der Waals surface area contributed by atoms with E-state index in [-0.39, 0.29) is 10.6 Å². The third kappa shape index (κ3) is 2.94. The van der Waals surface area contributed by atoms with Crippen molar-refractivity contribution in [2.24, 2.45) is 0 Å². The Hall–Kier alpha value is -1.72. The number of hydrogen-bond acceptors (Lipinski definition) is 4. The molecule has 6 heteroatoms. The van der Waals surface area contributed by atoms with Gasteiger partial charge < -0.3 is 9.92 Å². The van der Waals surface area contributed by atoms with Crippen LogP contribution in [0.15, 0.2) is 53.4 Å². The first-order valence-electron chi connectivity index (χ1n) is 5.03. The average Bonchev–Trinajstić information content (AvgIpc) is 2.29. The molecular formula is C12H10ClNO3S. The van der Waals surface area contributed by atoms with Crippen molar-refractivity contribution < 1.29 is 12.6 Å². The Morgan fingerprint density at radius 2 is 1.72 bits per heavy atom. The van der Waals surface area contributed by atoms with Crippen molar-refractivity contribution >= 4 is 27.4 Å². The molecule has 0 spiro atoms. The van der Waals surface area contributed by atoms with E-state index in [0.29, 0.717) is 10.7 Å². The molecule has 0 aliphatic heterocycles. The summed E-state index contributed by atoms with van der Waals surface area (Å²) in [6, 6.07) is 11.9. The molecule has 0 aromatic heterocycles. The second-order valence-electron chi connectivity index (χ2n) is 3.56. The van der Waals surface area contributed by atoms with Crippen molar-refractivity contribution in [2.45, 2.75) is 4.90 Å². The normalized spacial score (nSPS) is 11.2. The quantitative estimate of drug-likeness (QED) is 0.694. The summed E-state index contributed by atoms with van der Waals surface area (Å²) in [4.78, 5) is 0.0364. The summed E-state index contributed by atoms with van der Waals surface area (Å²) in [6.07, 6.45) is 0. The fourth-order valence-corrected chi connectivity index (χ4v) is 2.39. The minimum Gasteiger partial charge on any atom is -0.399 e. The Labute approximate surface area is 110 Å². The van der Waals surface area contributed by atoms with Crippen LogP contribution in [-0.4, -0.2) is 8.42 Å². The smallest absolute Gasteiger partial charge is 0.339 e. The highest BCUT2D eigenvalue weighted by atomic mass is 35.5. The second-order valence-corrected chi connectivity index (χ2v) is 5.55. The predicted octanol–water partition coefficient (Wildman–Crippen LogP) is 2.69. The van der Waals surface area contributed by atoms with Crippen LogP contribution in [0, 0.1) is 0 Å². The summed E-state index contributed by atoms with van der Waals surface area (Å²) in [5.74, 6) is 0.171. The molecule has 18 heavy (non-hydrogen) atoms. The second kappa shape index (κ2) is 4.88. The van der Waals surface area contributed by atoms with Gasteiger partial charge in [0.05, 0.1) is 0 Å². The molecule has 0 atom stereocenters. The Bertz CT molecular complexity index is 653. The molecule has 0 saturated heterocycles. The van der Waals surface area contributed by atoms with Crippen LogP contribution in [-0.2, 0) is 10.1 Å². The monoisotopic (exact) mass is 283 g/mol. The highest BCUT2D eigenvalue weighted by Gasteiger charge is 2.16. The van der Waals surface area contributed by atoms with Crippen LogP contribution >= 0.6 is 11.6 Å². The number of nitrogen functional groups attached to an aromatic ring is 1. The number of hydrogen-bond donors (Lipinski definition) is 1. The molecule has 0 heterocycles. The van der Waals surface area contributed by atoms with Gasteiger partial charge in [0.25, 0.3) is 0 Å². The Balaban J connectivity index is 2.30. The van der Waals surface area contributed by atoms with Gasteiger partial charge in [-0.1, -0.05) is 17.7 Å². The van der Waals surface area contributed by atoms with E-state index in [1.807, 2.05) is 0 Å². The first-order chi connectivity index (χ1) is 8.47. The zero-order valence-corrected chi connectivity index (χ0v) is 10.8. The van der Waals surface area contributed by atoms with Crippen LogP contribution in [0.25, 0.3) is 0 Å². The maximum absolute atomic E-state index is 11.9. The van der Waals surface area contributed by atoms with E-state index in [1.165, 1.54) is 36.4 Å². The lowest BCUT2D eigenvalue weighted by Crippen LogP contribution is -2.09. The lowest BCUT2D eigenvalue weighted by atomic mass is 10.3. The van der Waals surface area contributed by atoms with Crippen LogP contribution in [0.4, 0.5) is 5.69 Å². The largest absolute Gasteiger partial charge is 0.399 e. The van der Waals surface area contributed by atoms with Gasteiger partial charge in [0.15, 0.2) is 0 Å². The Kier molecular flexibility index (Phi) is 3.45. The highest BCUT2D eigenvalue weighted by Crippen LogP contribution is 2.21. The van der Waals surface area contributed by atoms with Crippen molar-refractivity contribution in [3.63, 3.8) is 0 Å². The molecule has 94 valence electrons. The molecule has 2 aromatic rings. The van der Waals surface area contributed by atoms with Gasteiger partial charge >= 0.3 is 10.1 Å². The molecule has 0 fully saturated rings. The number of halogens is 1. The van der Waals surface area contributed by atoms with E-state index in [0.717, 1.165) is 0 Å². The SMILES string of the molecule is Nc1cccc(OS(=O)(=O)c2ccc(Cl)cc2)c1. The van der Waals surface area contributed by atoms with Gasteiger partial charge in [-0.3, -0.25) is 0 Å². The summed E-state index contributed by atoms with van der Waals surface area (Å²) in [7, 11) is -3.86. The van der Waals surface area contributed by atoms with Crippen molar-refractivity contribution in [3.05, 3.63) is 53.6 Å². The molecule has 2 rings (SSSR count). The molecule has 0 aliphatic carbocycles. The van der Waals surface area contributed by atoms with Crippen molar-refractivity contribution in [1.29, 1.82) is 0 Å². The summed E-state index contributed by atoms with van der Waals surface area (Å²) in [5.41, 5.74) is 5.97. The van der Waals surface area contributed by atoms with Gasteiger partial charge in [-0.25, -0.2) is 0 Å². The van der Waals surface area contributed by atoms with E-state index in [9.17, 15) is 8.42 Å². The highest BCUT2D eigenvalue weighted by molar-refractivity contribution is 7.87. The molecular weight excluding hydrogens is 274 g/mol. The molecule has 0 saturated carbocycles. The van der Waals surface area contributed by atoms with Gasteiger partial charge in [-0.15, -0.1) is 0 Å². The Morgan fingerprint density at radius 1 is 1.06 bits per heavy atom. The lowest BCUT2D eigenvalue weighted by molar-refractivity contribution is 0.486. The molecule has 0 aliphatic rings. The van der Waals surface area contributed by atoms with E-state index >= 15 is 0 Å². The molecule has 2 aromatic carbocycles. The molecule has 0 amide bonds. The Morgan fingerprint density at radius 3 is 2.33 bits per heavy atom. The van der Waals surface area contributed by atoms with Crippen LogP contribution in [0.1, 0.15) is 0 Å². The van der Waals surface area contributed by atoms with Gasteiger partial charge in [0.2, 0.25) is 0 Å². The van der Waals surface area contributed by atoms with Crippen molar-refractivity contribution in [1.82, 2.24) is 0 Å². The number of benzene rings is 2. The molecule has 2 N–H and O–H groups in total. The van der Waals surface area contributed by atoms with E-state index in [2.05, 4.69) is 0 Å². The van der Waals surface area contributed by atoms with Gasteiger partial charge in [-0.2, -0.15) is 8.42 Å². The van der Waals surface area contributed by atoms with Gasteiger partial charge in [0, 0.05) is 16.8 Å². The number of anilines is 1. The van der Waals surface area contributed by atoms with Crippen LogP contribution < -0.4 is 9.92 Å². The maximum Gasteiger partial charge on any atom is 0.339 e.